The molecule has 0 atom stereocenters. The molecule has 0 spiro atoms. The predicted molar refractivity (Wildman–Crippen MR) is 95.7 cm³/mol. The lowest BCUT2D eigenvalue weighted by molar-refractivity contribution is 0.412. The largest absolute Gasteiger partial charge is 0.494 e. The van der Waals surface area contributed by atoms with E-state index in [1.165, 1.54) is 18.3 Å². The third-order valence-corrected chi connectivity index (χ3v) is 3.89. The molecule has 0 radical (unpaired) electrons. The Balaban J connectivity index is 1.82. The number of halogens is 1. The van der Waals surface area contributed by atoms with Crippen molar-refractivity contribution in [2.24, 2.45) is 0 Å². The highest BCUT2D eigenvalue weighted by Crippen LogP contribution is 2.25. The Morgan fingerprint density at radius 1 is 1.12 bits per heavy atom. The second-order valence-electron chi connectivity index (χ2n) is 5.52. The molecule has 0 unspecified atom stereocenters. The number of hydrogen-bond donors (Lipinski definition) is 2. The van der Waals surface area contributed by atoms with Crippen LogP contribution >= 0.6 is 0 Å². The number of para-hydroxylation sites is 2. The van der Waals surface area contributed by atoms with Crippen LogP contribution in [0.25, 0.3) is 16.6 Å². The van der Waals surface area contributed by atoms with Gasteiger partial charge in [0, 0.05) is 12.3 Å². The summed E-state index contributed by atoms with van der Waals surface area (Å²) in [4.78, 5) is 20.4. The van der Waals surface area contributed by atoms with Crippen LogP contribution in [0.2, 0.25) is 0 Å². The van der Waals surface area contributed by atoms with Gasteiger partial charge in [-0.2, -0.15) is 0 Å². The van der Waals surface area contributed by atoms with Gasteiger partial charge in [0.2, 0.25) is 0 Å². The topological polar surface area (TPSA) is 84.8 Å². The van der Waals surface area contributed by atoms with Crippen LogP contribution in [-0.2, 0) is 0 Å². The maximum absolute atomic E-state index is 13.0. The molecule has 0 aliphatic heterocycles. The van der Waals surface area contributed by atoms with Crippen LogP contribution in [0.4, 0.5) is 16.0 Å². The Kier molecular flexibility index (Phi) is 3.85. The molecular weight excluding hydrogens is 337 g/mol. The number of nitrogens with zero attached hydrogens (tertiary/aromatic N) is 3. The zero-order valence-corrected chi connectivity index (χ0v) is 13.7. The van der Waals surface area contributed by atoms with Gasteiger partial charge in [-0.05, 0) is 24.3 Å². The van der Waals surface area contributed by atoms with Gasteiger partial charge in [-0.15, -0.1) is 0 Å². The number of nitrogens with one attached hydrogen (secondary N) is 2. The molecule has 4 rings (SSSR count). The fourth-order valence-electron chi connectivity index (χ4n) is 2.68. The van der Waals surface area contributed by atoms with Crippen molar-refractivity contribution >= 4 is 22.5 Å². The third-order valence-electron chi connectivity index (χ3n) is 3.89. The molecule has 0 aliphatic carbocycles. The number of H-pyrrole nitrogens is 1. The summed E-state index contributed by atoms with van der Waals surface area (Å²) >= 11 is 0. The molecule has 130 valence electrons. The van der Waals surface area contributed by atoms with Crippen molar-refractivity contribution in [2.45, 2.75) is 0 Å². The number of hydrogen-bond acceptors (Lipinski definition) is 5. The quantitative estimate of drug-likeness (QED) is 0.590. The van der Waals surface area contributed by atoms with E-state index in [1.807, 2.05) is 24.3 Å². The molecule has 0 amide bonds. The highest BCUT2D eigenvalue weighted by atomic mass is 19.1. The van der Waals surface area contributed by atoms with Crippen molar-refractivity contribution in [3.05, 3.63) is 71.0 Å². The smallest absolute Gasteiger partial charge is 0.273 e. The average molecular weight is 351 g/mol. The van der Waals surface area contributed by atoms with Gasteiger partial charge in [-0.25, -0.2) is 19.0 Å². The van der Waals surface area contributed by atoms with Crippen LogP contribution in [0.1, 0.15) is 0 Å². The summed E-state index contributed by atoms with van der Waals surface area (Å²) in [7, 11) is 1.57. The number of pyridine rings is 2. The van der Waals surface area contributed by atoms with E-state index in [0.29, 0.717) is 34.0 Å². The molecule has 0 aliphatic rings. The molecule has 4 aromatic rings. The maximum Gasteiger partial charge on any atom is 0.273 e. The van der Waals surface area contributed by atoms with E-state index >= 15 is 0 Å². The molecule has 0 fully saturated rings. The number of fused-ring (bicyclic) bond motifs is 1. The van der Waals surface area contributed by atoms with Crippen LogP contribution in [0, 0.1) is 5.82 Å². The maximum atomic E-state index is 13.0. The first-order valence-electron chi connectivity index (χ1n) is 7.78. The van der Waals surface area contributed by atoms with Crippen molar-refractivity contribution < 1.29 is 9.13 Å². The van der Waals surface area contributed by atoms with Gasteiger partial charge in [0.1, 0.15) is 28.9 Å². The summed E-state index contributed by atoms with van der Waals surface area (Å²) in [6.07, 6.45) is 2.59. The van der Waals surface area contributed by atoms with Crippen molar-refractivity contribution in [1.29, 1.82) is 0 Å². The van der Waals surface area contributed by atoms with E-state index in [0.717, 1.165) is 6.20 Å². The minimum absolute atomic E-state index is 0.259. The van der Waals surface area contributed by atoms with Gasteiger partial charge in [-0.3, -0.25) is 9.89 Å². The minimum Gasteiger partial charge on any atom is -0.494 e. The van der Waals surface area contributed by atoms with Gasteiger partial charge in [0.25, 0.3) is 5.56 Å². The first-order chi connectivity index (χ1) is 12.7. The number of rotatable bonds is 4. The van der Waals surface area contributed by atoms with Gasteiger partial charge in [-0.1, -0.05) is 12.1 Å². The van der Waals surface area contributed by atoms with Crippen LogP contribution in [0.5, 0.6) is 5.75 Å². The summed E-state index contributed by atoms with van der Waals surface area (Å²) in [5.41, 5.74) is 1.06. The third kappa shape index (κ3) is 2.77. The van der Waals surface area contributed by atoms with Crippen molar-refractivity contribution in [3.63, 3.8) is 0 Å². The normalized spacial score (nSPS) is 10.8. The fraction of sp³-hybridized carbons (Fsp3) is 0.0556. The lowest BCUT2D eigenvalue weighted by atomic mass is 10.2. The molecule has 0 saturated carbocycles. The number of ether oxygens (including phenoxy) is 1. The van der Waals surface area contributed by atoms with Gasteiger partial charge in [0.15, 0.2) is 0 Å². The molecule has 7 nitrogen and oxygen atoms in total. The number of aromatic amines is 1. The van der Waals surface area contributed by atoms with Crippen molar-refractivity contribution in [3.8, 4) is 11.4 Å². The average Bonchev–Trinajstić information content (AvgIpc) is 2.99. The lowest BCUT2D eigenvalue weighted by Gasteiger charge is -2.10. The highest BCUT2D eigenvalue weighted by molar-refractivity contribution is 5.82. The second-order valence-corrected chi connectivity index (χ2v) is 5.52. The molecule has 8 heteroatoms. The molecule has 0 bridgehead atoms. The van der Waals surface area contributed by atoms with Crippen molar-refractivity contribution in [2.75, 3.05) is 12.4 Å². The number of methoxy groups -OCH3 is 1. The van der Waals surface area contributed by atoms with E-state index in [2.05, 4.69) is 20.4 Å². The van der Waals surface area contributed by atoms with Gasteiger partial charge in [0.05, 0.1) is 24.2 Å². The summed E-state index contributed by atoms with van der Waals surface area (Å²) < 4.78 is 20.0. The van der Waals surface area contributed by atoms with Crippen LogP contribution in [0.3, 0.4) is 0 Å². The minimum atomic E-state index is -0.422. The Morgan fingerprint density at radius 3 is 2.69 bits per heavy atom. The Bertz CT molecular complexity index is 1130. The summed E-state index contributed by atoms with van der Waals surface area (Å²) in [6.45, 7) is 0. The van der Waals surface area contributed by atoms with Gasteiger partial charge >= 0.3 is 0 Å². The molecule has 1 aromatic carbocycles. The summed E-state index contributed by atoms with van der Waals surface area (Å²) in [5, 5.41) is 6.22. The summed E-state index contributed by atoms with van der Waals surface area (Å²) in [5.74, 6) is 1.11. The van der Waals surface area contributed by atoms with Crippen LogP contribution in [0.15, 0.2) is 59.7 Å². The number of anilines is 2. The number of benzene rings is 1. The lowest BCUT2D eigenvalue weighted by Crippen LogP contribution is -2.05. The molecule has 0 saturated heterocycles. The van der Waals surface area contributed by atoms with Crippen LogP contribution < -0.4 is 15.6 Å². The van der Waals surface area contributed by atoms with Crippen LogP contribution in [-0.4, -0.2) is 26.9 Å². The zero-order valence-electron chi connectivity index (χ0n) is 13.7. The molecular formula is C18H14FN5O2. The van der Waals surface area contributed by atoms with E-state index in [1.54, 1.807) is 17.9 Å². The Morgan fingerprint density at radius 2 is 1.92 bits per heavy atom. The van der Waals surface area contributed by atoms with Gasteiger partial charge < -0.3 is 10.1 Å². The van der Waals surface area contributed by atoms with E-state index in [9.17, 15) is 9.18 Å². The summed E-state index contributed by atoms with van der Waals surface area (Å²) in [6, 6.07) is 11.9. The molecule has 26 heavy (non-hydrogen) atoms. The Labute approximate surface area is 147 Å². The van der Waals surface area contributed by atoms with Crippen molar-refractivity contribution in [1.82, 2.24) is 19.7 Å². The first-order valence-corrected chi connectivity index (χ1v) is 7.78. The Hall–Kier alpha value is -3.68. The second kappa shape index (κ2) is 6.32. The molecule has 2 N–H and O–H groups in total. The standard InChI is InChI=1S/C18H14FN5O2/c1-26-15-5-3-2-4-13(15)24-14-8-17(21-10-12(14)18(25)23-24)22-16-7-6-11(19)9-20-16/h2-10H,1H3,(H,23,25)(H,20,21,22). The zero-order chi connectivity index (χ0) is 18.1. The molecule has 3 heterocycles. The SMILES string of the molecule is COc1ccccc1-n1[nH]c(=O)c2cnc(Nc3ccc(F)cn3)cc21. The molecule has 3 aromatic heterocycles. The highest BCUT2D eigenvalue weighted by Gasteiger charge is 2.13. The monoisotopic (exact) mass is 351 g/mol. The fourth-order valence-corrected chi connectivity index (χ4v) is 2.68. The number of aromatic nitrogens is 4. The van der Waals surface area contributed by atoms with E-state index in [4.69, 9.17) is 4.74 Å². The predicted octanol–water partition coefficient (Wildman–Crippen LogP) is 3.00. The van der Waals surface area contributed by atoms with E-state index in [-0.39, 0.29) is 5.56 Å². The first kappa shape index (κ1) is 15.8. The van der Waals surface area contributed by atoms with E-state index < -0.39 is 5.82 Å².